The fraction of sp³-hybridized carbons (Fsp3) is 0.385. The topological polar surface area (TPSA) is 103 Å². The van der Waals surface area contributed by atoms with Crippen LogP contribution in [-0.4, -0.2) is 87.4 Å². The third-order valence-corrected chi connectivity index (χ3v) is 7.59. The highest BCUT2D eigenvalue weighted by Crippen LogP contribution is 2.31. The first-order valence-corrected chi connectivity index (χ1v) is 12.6. The summed E-state index contributed by atoms with van der Waals surface area (Å²) in [6.07, 6.45) is 6.28. The summed E-state index contributed by atoms with van der Waals surface area (Å²) < 4.78 is 0.954. The van der Waals surface area contributed by atoms with Crippen molar-refractivity contribution in [1.82, 2.24) is 34.7 Å². The van der Waals surface area contributed by atoms with E-state index in [1.807, 2.05) is 25.2 Å². The Kier molecular flexibility index (Phi) is 7.65. The minimum absolute atomic E-state index is 0. The molecule has 37 heavy (non-hydrogen) atoms. The second-order valence-corrected chi connectivity index (χ2v) is 10.4. The second-order valence-electron chi connectivity index (χ2n) is 9.34. The Bertz CT molecular complexity index is 1400. The molecule has 0 saturated carbocycles. The molecule has 11 heteroatoms. The fourth-order valence-corrected chi connectivity index (χ4v) is 5.17. The van der Waals surface area contributed by atoms with Crippen molar-refractivity contribution < 1.29 is 4.79 Å². The number of pyridine rings is 2. The molecule has 1 saturated heterocycles. The number of hydrogen-bond donors (Lipinski definition) is 1. The van der Waals surface area contributed by atoms with Crippen molar-refractivity contribution in [3.63, 3.8) is 0 Å². The van der Waals surface area contributed by atoms with Gasteiger partial charge in [0.25, 0.3) is 5.91 Å². The van der Waals surface area contributed by atoms with E-state index in [2.05, 4.69) is 44.0 Å². The number of thiazole rings is 1. The Morgan fingerprint density at radius 1 is 1.08 bits per heavy atom. The number of nitrogens with zero attached hydrogens (tertiary/aromatic N) is 8. The van der Waals surface area contributed by atoms with E-state index in [4.69, 9.17) is 9.97 Å². The molecule has 4 aromatic rings. The molecule has 0 radical (unpaired) electrons. The van der Waals surface area contributed by atoms with Gasteiger partial charge in [-0.15, -0.1) is 11.3 Å². The van der Waals surface area contributed by atoms with Crippen molar-refractivity contribution in [2.45, 2.75) is 32.9 Å². The summed E-state index contributed by atoms with van der Waals surface area (Å²) in [5.74, 6) is 1.87. The van der Waals surface area contributed by atoms with Crippen molar-refractivity contribution in [2.24, 2.45) is 0 Å². The van der Waals surface area contributed by atoms with Gasteiger partial charge in [0.2, 0.25) is 5.95 Å². The molecular formula is C26H33N9OS. The van der Waals surface area contributed by atoms with Gasteiger partial charge in [0.15, 0.2) is 0 Å². The number of fused-ring (bicyclic) bond motifs is 1. The number of carbonyl (C=O) groups excluding carboxylic acids is 1. The molecule has 4 aromatic heterocycles. The lowest BCUT2D eigenvalue weighted by Crippen LogP contribution is -2.35. The van der Waals surface area contributed by atoms with Gasteiger partial charge in [-0.2, -0.15) is 4.98 Å². The average Bonchev–Trinajstić information content (AvgIpc) is 3.45. The maximum absolute atomic E-state index is 12.3. The lowest BCUT2D eigenvalue weighted by Gasteiger charge is -2.24. The van der Waals surface area contributed by atoms with Gasteiger partial charge >= 0.3 is 0 Å². The number of rotatable bonds is 6. The molecular weight excluding hydrogens is 486 g/mol. The van der Waals surface area contributed by atoms with E-state index in [1.165, 1.54) is 16.2 Å². The van der Waals surface area contributed by atoms with Crippen molar-refractivity contribution in [1.29, 1.82) is 0 Å². The van der Waals surface area contributed by atoms with Gasteiger partial charge in [0.1, 0.15) is 22.3 Å². The zero-order chi connectivity index (χ0) is 25.4. The molecule has 0 aliphatic carbocycles. The third kappa shape index (κ3) is 5.52. The van der Waals surface area contributed by atoms with Crippen LogP contribution >= 0.6 is 11.3 Å². The van der Waals surface area contributed by atoms with E-state index < -0.39 is 0 Å². The number of anilines is 3. The van der Waals surface area contributed by atoms with Crippen LogP contribution in [0.2, 0.25) is 0 Å². The van der Waals surface area contributed by atoms with Crippen LogP contribution in [0.15, 0.2) is 42.9 Å². The molecule has 1 aliphatic rings. The molecule has 10 nitrogen and oxygen atoms in total. The standard InChI is InChI=1S/C25H29N9OS.CH4/c1-15-10-17(14-33(15)4)34(5)25-27-9-7-21(31-25)30-22-12-18-20(13-28-22)36-23(29-18)16-6-8-26-19(11-16)24(35)32(2)3;/h6-9,11-13,15,17H,10,14H2,1-5H3,(H,27,28,30,31);1H4. The van der Waals surface area contributed by atoms with Gasteiger partial charge in [-0.05, 0) is 38.6 Å². The Morgan fingerprint density at radius 2 is 1.86 bits per heavy atom. The molecule has 2 unspecified atom stereocenters. The van der Waals surface area contributed by atoms with Gasteiger partial charge < -0.3 is 20.0 Å². The normalized spacial score (nSPS) is 17.4. The highest BCUT2D eigenvalue weighted by atomic mass is 32.1. The Balaban J connectivity index is 0.00000320. The zero-order valence-electron chi connectivity index (χ0n) is 21.0. The summed E-state index contributed by atoms with van der Waals surface area (Å²) in [7, 11) is 7.62. The van der Waals surface area contributed by atoms with Crippen LogP contribution in [0, 0.1) is 0 Å². The molecule has 0 spiro atoms. The third-order valence-electron chi connectivity index (χ3n) is 6.53. The first-order chi connectivity index (χ1) is 17.3. The van der Waals surface area contributed by atoms with Crippen LogP contribution in [0.5, 0.6) is 0 Å². The van der Waals surface area contributed by atoms with Gasteiger partial charge in [0, 0.05) is 70.0 Å². The molecule has 1 N–H and O–H groups in total. The van der Waals surface area contributed by atoms with E-state index in [0.717, 1.165) is 33.8 Å². The predicted molar refractivity (Wildman–Crippen MR) is 150 cm³/mol. The Morgan fingerprint density at radius 3 is 2.59 bits per heavy atom. The number of amides is 1. The summed E-state index contributed by atoms with van der Waals surface area (Å²) in [5.41, 5.74) is 2.06. The zero-order valence-corrected chi connectivity index (χ0v) is 21.8. The second kappa shape index (κ2) is 10.7. The average molecular weight is 520 g/mol. The summed E-state index contributed by atoms with van der Waals surface area (Å²) in [6.45, 7) is 3.24. The van der Waals surface area contributed by atoms with Crippen molar-refractivity contribution in [3.05, 3.63) is 48.5 Å². The van der Waals surface area contributed by atoms with Crippen molar-refractivity contribution in [3.8, 4) is 10.6 Å². The monoisotopic (exact) mass is 519 g/mol. The lowest BCUT2D eigenvalue weighted by atomic mass is 10.2. The van der Waals surface area contributed by atoms with E-state index in [9.17, 15) is 4.79 Å². The van der Waals surface area contributed by atoms with Crippen LogP contribution in [-0.2, 0) is 0 Å². The Hall–Kier alpha value is -3.70. The van der Waals surface area contributed by atoms with E-state index in [0.29, 0.717) is 35.4 Å². The predicted octanol–water partition coefficient (Wildman–Crippen LogP) is 4.15. The maximum atomic E-state index is 12.3. The highest BCUT2D eigenvalue weighted by molar-refractivity contribution is 7.21. The van der Waals surface area contributed by atoms with Gasteiger partial charge in [-0.3, -0.25) is 9.78 Å². The smallest absolute Gasteiger partial charge is 0.271 e. The molecule has 0 aromatic carbocycles. The molecule has 5 heterocycles. The number of aromatic nitrogens is 5. The largest absolute Gasteiger partial charge is 0.343 e. The minimum Gasteiger partial charge on any atom is -0.343 e. The highest BCUT2D eigenvalue weighted by Gasteiger charge is 2.30. The fourth-order valence-electron chi connectivity index (χ4n) is 4.26. The van der Waals surface area contributed by atoms with Crippen LogP contribution in [0.25, 0.3) is 20.8 Å². The van der Waals surface area contributed by atoms with Gasteiger partial charge in [-0.25, -0.2) is 15.0 Å². The molecule has 2 atom stereocenters. The summed E-state index contributed by atoms with van der Waals surface area (Å²) >= 11 is 1.52. The summed E-state index contributed by atoms with van der Waals surface area (Å²) in [5, 5.41) is 4.10. The quantitative estimate of drug-likeness (QED) is 0.402. The molecule has 5 rings (SSSR count). The Labute approximate surface area is 221 Å². The summed E-state index contributed by atoms with van der Waals surface area (Å²) in [6, 6.07) is 8.29. The number of carbonyl (C=O) groups is 1. The SMILES string of the molecule is C.CC1CC(N(C)c2nccc(Nc3cc4nc(-c5ccnc(C(=O)N(C)C)c5)sc4cn3)n2)CN1C. The first-order valence-electron chi connectivity index (χ1n) is 11.8. The van der Waals surface area contributed by atoms with Crippen LogP contribution in [0.4, 0.5) is 17.6 Å². The number of likely N-dealkylation sites (tertiary alicyclic amines) is 1. The van der Waals surface area contributed by atoms with E-state index >= 15 is 0 Å². The minimum atomic E-state index is -0.143. The molecule has 1 fully saturated rings. The first kappa shape index (κ1) is 26.4. The number of likely N-dealkylation sites (N-methyl/N-ethyl adjacent to an activating group) is 2. The van der Waals surface area contributed by atoms with Crippen molar-refractivity contribution >= 4 is 45.0 Å². The van der Waals surface area contributed by atoms with Gasteiger partial charge in [0.05, 0.1) is 10.2 Å². The van der Waals surface area contributed by atoms with E-state index in [1.54, 1.807) is 38.8 Å². The number of nitrogens with one attached hydrogen (secondary N) is 1. The van der Waals surface area contributed by atoms with E-state index in [-0.39, 0.29) is 13.3 Å². The lowest BCUT2D eigenvalue weighted by molar-refractivity contribution is 0.0822. The molecule has 194 valence electrons. The number of hydrogen-bond acceptors (Lipinski definition) is 10. The van der Waals surface area contributed by atoms with Gasteiger partial charge in [-0.1, -0.05) is 7.43 Å². The van der Waals surface area contributed by atoms with Crippen LogP contribution in [0.3, 0.4) is 0 Å². The van der Waals surface area contributed by atoms with Crippen LogP contribution in [0.1, 0.15) is 31.3 Å². The molecule has 1 aliphatic heterocycles. The summed E-state index contributed by atoms with van der Waals surface area (Å²) in [4.78, 5) is 41.1. The maximum Gasteiger partial charge on any atom is 0.271 e. The van der Waals surface area contributed by atoms with Crippen LogP contribution < -0.4 is 10.2 Å². The molecule has 0 bridgehead atoms. The van der Waals surface area contributed by atoms with Crippen molar-refractivity contribution in [2.75, 3.05) is 45.0 Å². The molecule has 1 amide bonds.